The molecule has 1 aromatic carbocycles. The lowest BCUT2D eigenvalue weighted by Gasteiger charge is -2.20. The van der Waals surface area contributed by atoms with E-state index in [0.717, 1.165) is 22.5 Å². The van der Waals surface area contributed by atoms with Gasteiger partial charge in [-0.3, -0.25) is 9.59 Å². The molecule has 0 radical (unpaired) electrons. The average molecular weight is 271 g/mol. The lowest BCUT2D eigenvalue weighted by Crippen LogP contribution is -2.33. The fourth-order valence-electron chi connectivity index (χ4n) is 2.59. The molecule has 0 aliphatic carbocycles. The smallest absolute Gasteiger partial charge is 0.243 e. The normalized spacial score (nSPS) is 23.8. The van der Waals surface area contributed by atoms with E-state index in [2.05, 4.69) is 15.8 Å². The van der Waals surface area contributed by atoms with Gasteiger partial charge in [0.15, 0.2) is 0 Å². The SMILES string of the molecule is CC1CC(c2ccc3c(c2)C(C)(C)C(=O)N3)=NNC1=O. The standard InChI is InChI=1S/C15H17N3O2/c1-8-6-12(17-18-13(8)19)9-4-5-11-10(7-9)15(2,3)14(20)16-11/h4-5,7-8H,6H2,1-3H3,(H,16,20)(H,18,19). The largest absolute Gasteiger partial charge is 0.325 e. The van der Waals surface area contributed by atoms with Crippen LogP contribution in [-0.2, 0) is 15.0 Å². The number of hydrazone groups is 1. The molecule has 5 nitrogen and oxygen atoms in total. The summed E-state index contributed by atoms with van der Waals surface area (Å²) in [7, 11) is 0. The molecular weight excluding hydrogens is 254 g/mol. The molecular formula is C15H17N3O2. The van der Waals surface area contributed by atoms with Crippen molar-refractivity contribution in [3.8, 4) is 0 Å². The Morgan fingerprint density at radius 2 is 2.05 bits per heavy atom. The van der Waals surface area contributed by atoms with Gasteiger partial charge in [-0.05, 0) is 37.1 Å². The van der Waals surface area contributed by atoms with Gasteiger partial charge in [-0.25, -0.2) is 5.43 Å². The number of carbonyl (C=O) groups is 2. The molecule has 5 heteroatoms. The van der Waals surface area contributed by atoms with E-state index in [4.69, 9.17) is 0 Å². The molecule has 0 spiro atoms. The summed E-state index contributed by atoms with van der Waals surface area (Å²) in [5, 5.41) is 7.02. The monoisotopic (exact) mass is 271 g/mol. The molecule has 1 aromatic rings. The van der Waals surface area contributed by atoms with Gasteiger partial charge in [0.25, 0.3) is 0 Å². The zero-order valence-corrected chi connectivity index (χ0v) is 11.8. The number of fused-ring (bicyclic) bond motifs is 1. The van der Waals surface area contributed by atoms with E-state index < -0.39 is 5.41 Å². The van der Waals surface area contributed by atoms with E-state index in [0.29, 0.717) is 6.42 Å². The third kappa shape index (κ3) is 1.81. The van der Waals surface area contributed by atoms with Crippen LogP contribution in [0.4, 0.5) is 5.69 Å². The highest BCUT2D eigenvalue weighted by molar-refractivity contribution is 6.09. The van der Waals surface area contributed by atoms with Crippen molar-refractivity contribution in [1.82, 2.24) is 5.43 Å². The summed E-state index contributed by atoms with van der Waals surface area (Å²) in [6, 6.07) is 5.83. The Hall–Kier alpha value is -2.17. The van der Waals surface area contributed by atoms with Crippen LogP contribution in [0.5, 0.6) is 0 Å². The first-order chi connectivity index (χ1) is 9.39. The molecule has 2 amide bonds. The van der Waals surface area contributed by atoms with Gasteiger partial charge < -0.3 is 5.32 Å². The van der Waals surface area contributed by atoms with Gasteiger partial charge in [0, 0.05) is 18.0 Å². The van der Waals surface area contributed by atoms with Crippen molar-refractivity contribution in [2.24, 2.45) is 11.0 Å². The number of hydrogen-bond donors (Lipinski definition) is 2. The first-order valence-electron chi connectivity index (χ1n) is 6.72. The van der Waals surface area contributed by atoms with E-state index in [-0.39, 0.29) is 17.7 Å². The van der Waals surface area contributed by atoms with E-state index in [1.807, 2.05) is 39.0 Å². The summed E-state index contributed by atoms with van der Waals surface area (Å²) in [6.07, 6.45) is 0.617. The topological polar surface area (TPSA) is 70.6 Å². The van der Waals surface area contributed by atoms with Crippen LogP contribution < -0.4 is 10.7 Å². The van der Waals surface area contributed by atoms with Crippen LogP contribution in [0.15, 0.2) is 23.3 Å². The van der Waals surface area contributed by atoms with Gasteiger partial charge in [-0.2, -0.15) is 5.10 Å². The van der Waals surface area contributed by atoms with Crippen molar-refractivity contribution in [1.29, 1.82) is 0 Å². The van der Waals surface area contributed by atoms with Gasteiger partial charge >= 0.3 is 0 Å². The third-order valence-corrected chi connectivity index (χ3v) is 4.09. The summed E-state index contributed by atoms with van der Waals surface area (Å²) < 4.78 is 0. The molecule has 0 bridgehead atoms. The number of nitrogens with one attached hydrogen (secondary N) is 2. The average Bonchev–Trinajstić information content (AvgIpc) is 2.63. The molecule has 0 fully saturated rings. The van der Waals surface area contributed by atoms with Crippen LogP contribution in [0, 0.1) is 5.92 Å². The second-order valence-electron chi connectivity index (χ2n) is 5.98. The van der Waals surface area contributed by atoms with Crippen LogP contribution in [0.2, 0.25) is 0 Å². The number of carbonyl (C=O) groups excluding carboxylic acids is 2. The summed E-state index contributed by atoms with van der Waals surface area (Å²) in [5.41, 5.74) is 5.66. The molecule has 104 valence electrons. The minimum absolute atomic E-state index is 0.0110. The number of amides is 2. The van der Waals surface area contributed by atoms with Crippen LogP contribution in [0.3, 0.4) is 0 Å². The molecule has 3 rings (SSSR count). The van der Waals surface area contributed by atoms with E-state index in [1.54, 1.807) is 0 Å². The van der Waals surface area contributed by atoms with Crippen molar-refractivity contribution < 1.29 is 9.59 Å². The Morgan fingerprint density at radius 1 is 1.30 bits per heavy atom. The molecule has 2 heterocycles. The van der Waals surface area contributed by atoms with Crippen molar-refractivity contribution in [3.63, 3.8) is 0 Å². The first-order valence-corrected chi connectivity index (χ1v) is 6.72. The van der Waals surface area contributed by atoms with E-state index in [1.165, 1.54) is 0 Å². The second kappa shape index (κ2) is 4.16. The van der Waals surface area contributed by atoms with Crippen LogP contribution in [0.25, 0.3) is 0 Å². The zero-order valence-electron chi connectivity index (χ0n) is 11.8. The van der Waals surface area contributed by atoms with Crippen molar-refractivity contribution in [2.75, 3.05) is 5.32 Å². The molecule has 0 saturated carbocycles. The number of benzene rings is 1. The summed E-state index contributed by atoms with van der Waals surface area (Å²) in [4.78, 5) is 23.4. The van der Waals surface area contributed by atoms with Gasteiger partial charge in [0.05, 0.1) is 11.1 Å². The van der Waals surface area contributed by atoms with Crippen molar-refractivity contribution >= 4 is 23.2 Å². The predicted octanol–water partition coefficient (Wildman–Crippen LogP) is 1.78. The molecule has 0 aromatic heterocycles. The Balaban J connectivity index is 2.01. The lowest BCUT2D eigenvalue weighted by atomic mass is 9.84. The molecule has 1 unspecified atom stereocenters. The lowest BCUT2D eigenvalue weighted by molar-refractivity contribution is -0.124. The summed E-state index contributed by atoms with van der Waals surface area (Å²) >= 11 is 0. The molecule has 2 aliphatic heterocycles. The van der Waals surface area contributed by atoms with Gasteiger partial charge in [0.2, 0.25) is 11.8 Å². The highest BCUT2D eigenvalue weighted by atomic mass is 16.2. The number of nitrogens with zero attached hydrogens (tertiary/aromatic N) is 1. The Bertz CT molecular complexity index is 647. The number of hydrogen-bond acceptors (Lipinski definition) is 3. The first kappa shape index (κ1) is 12.8. The predicted molar refractivity (Wildman–Crippen MR) is 76.6 cm³/mol. The number of anilines is 1. The Kier molecular flexibility index (Phi) is 2.67. The van der Waals surface area contributed by atoms with Gasteiger partial charge in [-0.1, -0.05) is 13.0 Å². The minimum atomic E-state index is -0.532. The van der Waals surface area contributed by atoms with Crippen LogP contribution in [-0.4, -0.2) is 17.5 Å². The van der Waals surface area contributed by atoms with Crippen LogP contribution in [0.1, 0.15) is 38.3 Å². The fraction of sp³-hybridized carbons (Fsp3) is 0.400. The highest BCUT2D eigenvalue weighted by Crippen LogP contribution is 2.38. The van der Waals surface area contributed by atoms with Crippen LogP contribution >= 0.6 is 0 Å². The quantitative estimate of drug-likeness (QED) is 0.817. The molecule has 20 heavy (non-hydrogen) atoms. The second-order valence-corrected chi connectivity index (χ2v) is 5.98. The maximum atomic E-state index is 11.9. The molecule has 2 N–H and O–H groups in total. The summed E-state index contributed by atoms with van der Waals surface area (Å²) in [5.74, 6) is -0.118. The summed E-state index contributed by atoms with van der Waals surface area (Å²) in [6.45, 7) is 5.70. The number of rotatable bonds is 1. The Morgan fingerprint density at radius 3 is 2.75 bits per heavy atom. The van der Waals surface area contributed by atoms with Crippen molar-refractivity contribution in [2.45, 2.75) is 32.6 Å². The van der Waals surface area contributed by atoms with Crippen molar-refractivity contribution in [3.05, 3.63) is 29.3 Å². The third-order valence-electron chi connectivity index (χ3n) is 4.09. The van der Waals surface area contributed by atoms with Gasteiger partial charge in [0.1, 0.15) is 0 Å². The maximum absolute atomic E-state index is 11.9. The molecule has 1 atom stereocenters. The molecule has 2 aliphatic rings. The van der Waals surface area contributed by atoms with E-state index >= 15 is 0 Å². The zero-order chi connectivity index (χ0) is 14.5. The van der Waals surface area contributed by atoms with Gasteiger partial charge in [-0.15, -0.1) is 0 Å². The Labute approximate surface area is 117 Å². The van der Waals surface area contributed by atoms with E-state index in [9.17, 15) is 9.59 Å². The molecule has 0 saturated heterocycles. The minimum Gasteiger partial charge on any atom is -0.325 e. The maximum Gasteiger partial charge on any atom is 0.243 e. The highest BCUT2D eigenvalue weighted by Gasteiger charge is 2.38. The fourth-order valence-corrected chi connectivity index (χ4v) is 2.59.